The molecule has 1 saturated carbocycles. The molecule has 0 amide bonds. The van der Waals surface area contributed by atoms with Crippen molar-refractivity contribution in [2.45, 2.75) is 19.4 Å². The lowest BCUT2D eigenvalue weighted by atomic mass is 10.2. The van der Waals surface area contributed by atoms with E-state index in [0.717, 1.165) is 12.5 Å². The lowest BCUT2D eigenvalue weighted by Crippen LogP contribution is -2.24. The number of H-pyrrole nitrogens is 1. The lowest BCUT2D eigenvalue weighted by Gasteiger charge is -2.15. The van der Waals surface area contributed by atoms with Crippen LogP contribution in [0.25, 0.3) is 10.9 Å². The molecule has 1 N–H and O–H groups in total. The Hall–Kier alpha value is -2.08. The molecule has 6 heteroatoms. The van der Waals surface area contributed by atoms with Crippen LogP contribution < -0.4 is 15.0 Å². The van der Waals surface area contributed by atoms with Crippen LogP contribution in [0.15, 0.2) is 16.9 Å². The third-order valence-electron chi connectivity index (χ3n) is 3.95. The highest BCUT2D eigenvalue weighted by atomic mass is 16.5. The predicted octanol–water partition coefficient (Wildman–Crippen LogP) is 1.78. The summed E-state index contributed by atoms with van der Waals surface area (Å²) in [5.74, 6) is 2.58. The summed E-state index contributed by atoms with van der Waals surface area (Å²) in [6.45, 7) is 1.68. The summed E-state index contributed by atoms with van der Waals surface area (Å²) < 4.78 is 10.5. The first-order valence-corrected chi connectivity index (χ1v) is 7.44. The van der Waals surface area contributed by atoms with E-state index in [1.165, 1.54) is 12.8 Å². The van der Waals surface area contributed by atoms with Gasteiger partial charge in [-0.25, -0.2) is 4.98 Å². The summed E-state index contributed by atoms with van der Waals surface area (Å²) in [6, 6.07) is 3.41. The molecule has 0 saturated heterocycles. The van der Waals surface area contributed by atoms with Gasteiger partial charge in [0.1, 0.15) is 5.82 Å². The quantitative estimate of drug-likeness (QED) is 0.881. The molecule has 0 spiro atoms. The number of nitrogens with zero attached hydrogens (tertiary/aromatic N) is 2. The van der Waals surface area contributed by atoms with Crippen LogP contribution in [0, 0.1) is 5.92 Å². The maximum Gasteiger partial charge on any atom is 0.258 e. The smallest absolute Gasteiger partial charge is 0.258 e. The van der Waals surface area contributed by atoms with E-state index in [9.17, 15) is 4.79 Å². The molecule has 0 radical (unpaired) electrons. The molecule has 22 heavy (non-hydrogen) atoms. The van der Waals surface area contributed by atoms with Crippen molar-refractivity contribution in [1.29, 1.82) is 0 Å². The van der Waals surface area contributed by atoms with Crippen LogP contribution >= 0.6 is 0 Å². The second-order valence-corrected chi connectivity index (χ2v) is 5.88. The summed E-state index contributed by atoms with van der Waals surface area (Å²) >= 11 is 0. The van der Waals surface area contributed by atoms with Crippen LogP contribution in [0.1, 0.15) is 18.7 Å². The summed E-state index contributed by atoms with van der Waals surface area (Å²) in [4.78, 5) is 21.9. The average Bonchev–Trinajstić information content (AvgIpc) is 3.29. The number of ether oxygens (including phenoxy) is 2. The van der Waals surface area contributed by atoms with E-state index in [2.05, 4.69) is 21.9 Å². The van der Waals surface area contributed by atoms with Gasteiger partial charge in [-0.3, -0.25) is 9.69 Å². The third-order valence-corrected chi connectivity index (χ3v) is 3.95. The number of rotatable bonds is 6. The molecule has 3 rings (SSSR count). The second kappa shape index (κ2) is 5.96. The number of fused-ring (bicyclic) bond motifs is 1. The Morgan fingerprint density at radius 1 is 1.27 bits per heavy atom. The van der Waals surface area contributed by atoms with Gasteiger partial charge in [0.2, 0.25) is 0 Å². The Bertz CT molecular complexity index is 737. The monoisotopic (exact) mass is 303 g/mol. The molecule has 118 valence electrons. The van der Waals surface area contributed by atoms with Gasteiger partial charge in [0.25, 0.3) is 5.56 Å². The van der Waals surface area contributed by atoms with E-state index in [0.29, 0.717) is 34.8 Å². The first-order valence-electron chi connectivity index (χ1n) is 7.44. The normalized spacial score (nSPS) is 14.5. The average molecular weight is 303 g/mol. The minimum absolute atomic E-state index is 0.152. The SMILES string of the molecule is COc1cc2nc(CN(C)CC3CC3)[nH]c(=O)c2cc1OC. The first-order chi connectivity index (χ1) is 10.6. The lowest BCUT2D eigenvalue weighted by molar-refractivity contribution is 0.305. The number of methoxy groups -OCH3 is 2. The van der Waals surface area contributed by atoms with Crippen LogP contribution in [0.4, 0.5) is 0 Å². The van der Waals surface area contributed by atoms with Crippen molar-refractivity contribution in [3.63, 3.8) is 0 Å². The second-order valence-electron chi connectivity index (χ2n) is 5.88. The Kier molecular flexibility index (Phi) is 4.02. The molecule has 0 unspecified atom stereocenters. The minimum atomic E-state index is -0.152. The summed E-state index contributed by atoms with van der Waals surface area (Å²) in [5, 5.41) is 0.506. The topological polar surface area (TPSA) is 67.5 Å². The van der Waals surface area contributed by atoms with Gasteiger partial charge in [-0.15, -0.1) is 0 Å². The number of nitrogens with one attached hydrogen (secondary N) is 1. The number of aromatic nitrogens is 2. The van der Waals surface area contributed by atoms with E-state index >= 15 is 0 Å². The van der Waals surface area contributed by atoms with Crippen LogP contribution in [-0.4, -0.2) is 42.7 Å². The van der Waals surface area contributed by atoms with Crippen molar-refractivity contribution in [3.8, 4) is 11.5 Å². The van der Waals surface area contributed by atoms with Crippen LogP contribution in [0.3, 0.4) is 0 Å². The largest absolute Gasteiger partial charge is 0.493 e. The molecule has 0 aliphatic heterocycles. The molecule has 1 aromatic heterocycles. The molecule has 0 bridgehead atoms. The molecule has 1 heterocycles. The zero-order valence-corrected chi connectivity index (χ0v) is 13.2. The zero-order chi connectivity index (χ0) is 15.7. The van der Waals surface area contributed by atoms with Crippen molar-refractivity contribution in [1.82, 2.24) is 14.9 Å². The van der Waals surface area contributed by atoms with E-state index in [1.54, 1.807) is 26.4 Å². The van der Waals surface area contributed by atoms with Crippen molar-refractivity contribution in [2.24, 2.45) is 5.92 Å². The summed E-state index contributed by atoms with van der Waals surface area (Å²) in [5.41, 5.74) is 0.469. The van der Waals surface area contributed by atoms with E-state index in [1.807, 2.05) is 0 Å². The molecule has 0 atom stereocenters. The van der Waals surface area contributed by atoms with Gasteiger partial charge < -0.3 is 14.5 Å². The summed E-state index contributed by atoms with van der Waals surface area (Å²) in [7, 11) is 5.17. The standard InChI is InChI=1S/C16H21N3O3/c1-19(8-10-4-5-10)9-15-17-12-7-14(22-3)13(21-2)6-11(12)16(20)18-15/h6-7,10H,4-5,8-9H2,1-3H3,(H,17,18,20). The van der Waals surface area contributed by atoms with Crippen molar-refractivity contribution >= 4 is 10.9 Å². The van der Waals surface area contributed by atoms with E-state index < -0.39 is 0 Å². The van der Waals surface area contributed by atoms with Crippen LogP contribution in [-0.2, 0) is 6.54 Å². The van der Waals surface area contributed by atoms with Crippen LogP contribution in [0.5, 0.6) is 11.5 Å². The third kappa shape index (κ3) is 3.06. The molecular weight excluding hydrogens is 282 g/mol. The fraction of sp³-hybridized carbons (Fsp3) is 0.500. The molecular formula is C16H21N3O3. The van der Waals surface area contributed by atoms with Crippen molar-refractivity contribution in [3.05, 3.63) is 28.3 Å². The Morgan fingerprint density at radius 3 is 2.59 bits per heavy atom. The minimum Gasteiger partial charge on any atom is -0.493 e. The summed E-state index contributed by atoms with van der Waals surface area (Å²) in [6.07, 6.45) is 2.62. The van der Waals surface area contributed by atoms with Crippen LogP contribution in [0.2, 0.25) is 0 Å². The number of aromatic amines is 1. The maximum absolute atomic E-state index is 12.3. The molecule has 1 aromatic carbocycles. The predicted molar refractivity (Wildman–Crippen MR) is 84.5 cm³/mol. The van der Waals surface area contributed by atoms with Gasteiger partial charge in [-0.1, -0.05) is 0 Å². The van der Waals surface area contributed by atoms with Gasteiger partial charge in [0.15, 0.2) is 11.5 Å². The molecule has 1 fully saturated rings. The van der Waals surface area contributed by atoms with Crippen molar-refractivity contribution in [2.75, 3.05) is 27.8 Å². The Balaban J connectivity index is 1.94. The van der Waals surface area contributed by atoms with Gasteiger partial charge in [0, 0.05) is 12.6 Å². The first kappa shape index (κ1) is 14.8. The fourth-order valence-corrected chi connectivity index (χ4v) is 2.65. The van der Waals surface area contributed by atoms with Gasteiger partial charge in [0.05, 0.1) is 31.7 Å². The number of hydrogen-bond acceptors (Lipinski definition) is 5. The van der Waals surface area contributed by atoms with E-state index in [4.69, 9.17) is 9.47 Å². The van der Waals surface area contributed by atoms with Gasteiger partial charge in [-0.05, 0) is 31.9 Å². The zero-order valence-electron chi connectivity index (χ0n) is 13.2. The highest BCUT2D eigenvalue weighted by Gasteiger charge is 2.23. The van der Waals surface area contributed by atoms with Gasteiger partial charge >= 0.3 is 0 Å². The Labute approximate surface area is 129 Å². The van der Waals surface area contributed by atoms with Crippen molar-refractivity contribution < 1.29 is 9.47 Å². The molecule has 2 aromatic rings. The Morgan fingerprint density at radius 2 is 1.95 bits per heavy atom. The number of hydrogen-bond donors (Lipinski definition) is 1. The van der Waals surface area contributed by atoms with E-state index in [-0.39, 0.29) is 5.56 Å². The fourth-order valence-electron chi connectivity index (χ4n) is 2.65. The molecule has 1 aliphatic rings. The molecule has 1 aliphatic carbocycles. The molecule has 6 nitrogen and oxygen atoms in total. The highest BCUT2D eigenvalue weighted by Crippen LogP contribution is 2.31. The highest BCUT2D eigenvalue weighted by molar-refractivity contribution is 5.81. The number of benzene rings is 1. The van der Waals surface area contributed by atoms with Gasteiger partial charge in [-0.2, -0.15) is 0 Å². The maximum atomic E-state index is 12.3.